The molecule has 18 heteroatoms. The van der Waals surface area contributed by atoms with Crippen molar-refractivity contribution in [1.82, 2.24) is 34.3 Å². The predicted octanol–water partition coefficient (Wildman–Crippen LogP) is 5.00. The van der Waals surface area contributed by atoms with Crippen LogP contribution >= 0.6 is 0 Å². The summed E-state index contributed by atoms with van der Waals surface area (Å²) in [6.07, 6.45) is 7.05. The van der Waals surface area contributed by atoms with Crippen LogP contribution in [0.5, 0.6) is 5.75 Å². The number of nitrogens with zero attached hydrogens (tertiary/aromatic N) is 8. The van der Waals surface area contributed by atoms with E-state index in [-0.39, 0.29) is 54.0 Å². The molecule has 1 atom stereocenters. The van der Waals surface area contributed by atoms with E-state index in [4.69, 9.17) is 0 Å². The molecule has 0 spiro atoms. The van der Waals surface area contributed by atoms with Gasteiger partial charge >= 0.3 is 12.6 Å². The number of anilines is 2. The Morgan fingerprint density at radius 2 is 1.75 bits per heavy atom. The minimum atomic E-state index is -3.80. The van der Waals surface area contributed by atoms with E-state index in [1.807, 2.05) is 13.1 Å². The van der Waals surface area contributed by atoms with Crippen LogP contribution in [0.2, 0.25) is 0 Å². The number of aromatic nitrogens is 4. The summed E-state index contributed by atoms with van der Waals surface area (Å²) in [7, 11) is -1.94. The Hall–Kier alpha value is -5.25. The van der Waals surface area contributed by atoms with Crippen molar-refractivity contribution in [2.24, 2.45) is 13.0 Å². The first-order valence-electron chi connectivity index (χ1n) is 19.2. The third kappa shape index (κ3) is 9.16. The molecular weight excluding hydrogens is 759 g/mol. The number of aryl methyl sites for hydroxylation is 1. The van der Waals surface area contributed by atoms with E-state index in [2.05, 4.69) is 60.5 Å². The molecule has 7 rings (SSSR count). The van der Waals surface area contributed by atoms with E-state index in [0.29, 0.717) is 43.1 Å². The molecule has 2 aromatic heterocycles. The smallest absolute Gasteiger partial charge is 0.387 e. The zero-order valence-corrected chi connectivity index (χ0v) is 32.7. The Morgan fingerprint density at radius 1 is 1.02 bits per heavy atom. The maximum Gasteiger partial charge on any atom is 0.387 e. The number of alkyl halides is 2. The lowest BCUT2D eigenvalue weighted by Crippen LogP contribution is -2.49. The predicted molar refractivity (Wildman–Crippen MR) is 207 cm³/mol. The summed E-state index contributed by atoms with van der Waals surface area (Å²) >= 11 is 0. The number of amides is 3. The fourth-order valence-corrected chi connectivity index (χ4v) is 9.50. The second-order valence-electron chi connectivity index (χ2n) is 15.1. The molecule has 2 N–H and O–H groups in total. The first kappa shape index (κ1) is 40.0. The van der Waals surface area contributed by atoms with Crippen LogP contribution in [0.25, 0.3) is 10.9 Å². The molecule has 3 amide bonds. The molecule has 15 nitrogen and oxygen atoms in total. The third-order valence-electron chi connectivity index (χ3n) is 11.2. The van der Waals surface area contributed by atoms with Gasteiger partial charge in [-0.2, -0.15) is 23.4 Å². The standard InChI is InChI=1S/C39H46F2N10O5S/c1-25(7-13-49-14-8-26(9-15-49)27-4-6-33-34(21-27)48(2)47-36(33)51-18-12-35(52)46-39(51)53)19-29-20-32(5-3-28(29)22-42)57(54,55)50-16-10-30(11-17-50)45-38-43-23-31(24-44-38)56-37(40)41/h3-6,20-21,23-26,30,37H,7-19H2,1-2H3,(H,43,44,45)(H,46,52,53). The van der Waals surface area contributed by atoms with Gasteiger partial charge in [0.2, 0.25) is 21.9 Å². The number of fused-ring (bicyclic) bond motifs is 1. The lowest BCUT2D eigenvalue weighted by molar-refractivity contribution is -0.120. The summed E-state index contributed by atoms with van der Waals surface area (Å²) in [6, 6.07) is 12.8. The van der Waals surface area contributed by atoms with Gasteiger partial charge in [0.25, 0.3) is 0 Å². The quantitative estimate of drug-likeness (QED) is 0.186. The van der Waals surface area contributed by atoms with Gasteiger partial charge in [-0.1, -0.05) is 13.0 Å². The van der Waals surface area contributed by atoms with Gasteiger partial charge in [-0.25, -0.2) is 23.2 Å². The van der Waals surface area contributed by atoms with Crippen molar-refractivity contribution in [1.29, 1.82) is 5.26 Å². The molecule has 1 unspecified atom stereocenters. The molecule has 0 bridgehead atoms. The van der Waals surface area contributed by atoms with Gasteiger partial charge in [0.15, 0.2) is 11.6 Å². The largest absolute Gasteiger partial charge is 0.432 e. The molecule has 2 aromatic carbocycles. The molecule has 0 aliphatic carbocycles. The average molecular weight is 805 g/mol. The first-order valence-corrected chi connectivity index (χ1v) is 20.7. The average Bonchev–Trinajstić information content (AvgIpc) is 3.52. The van der Waals surface area contributed by atoms with E-state index in [1.54, 1.807) is 16.8 Å². The summed E-state index contributed by atoms with van der Waals surface area (Å²) in [5.74, 6) is 0.986. The number of hydrogen-bond acceptors (Lipinski definition) is 11. The summed E-state index contributed by atoms with van der Waals surface area (Å²) < 4.78 is 59.8. The van der Waals surface area contributed by atoms with Gasteiger partial charge in [0.1, 0.15) is 0 Å². The number of nitrogens with one attached hydrogen (secondary N) is 2. The number of halogens is 2. The van der Waals surface area contributed by atoms with Crippen LogP contribution in [0.15, 0.2) is 53.7 Å². The molecule has 302 valence electrons. The van der Waals surface area contributed by atoms with E-state index < -0.39 is 22.7 Å². The summed E-state index contributed by atoms with van der Waals surface area (Å²) in [6.45, 7) is 2.82. The van der Waals surface area contributed by atoms with Crippen LogP contribution < -0.4 is 20.3 Å². The number of urea groups is 1. The molecule has 3 saturated heterocycles. The van der Waals surface area contributed by atoms with Crippen LogP contribution in [0, 0.1) is 17.2 Å². The molecule has 0 radical (unpaired) electrons. The van der Waals surface area contributed by atoms with Crippen LogP contribution in [0.1, 0.15) is 68.1 Å². The number of carbonyl (C=O) groups excluding carboxylic acids is 2. The van der Waals surface area contributed by atoms with Gasteiger partial charge < -0.3 is 15.0 Å². The van der Waals surface area contributed by atoms with Gasteiger partial charge in [-0.3, -0.25) is 19.7 Å². The number of imide groups is 1. The van der Waals surface area contributed by atoms with Gasteiger partial charge in [0.05, 0.1) is 34.4 Å². The Kier molecular flexibility index (Phi) is 12.0. The number of benzene rings is 2. The summed E-state index contributed by atoms with van der Waals surface area (Å²) in [5, 5.41) is 20.9. The van der Waals surface area contributed by atoms with Crippen molar-refractivity contribution < 1.29 is 31.5 Å². The van der Waals surface area contributed by atoms with E-state index in [1.165, 1.54) is 20.8 Å². The maximum absolute atomic E-state index is 13.7. The monoisotopic (exact) mass is 804 g/mol. The first-order chi connectivity index (χ1) is 27.4. The highest BCUT2D eigenvalue weighted by molar-refractivity contribution is 7.89. The zero-order chi connectivity index (χ0) is 40.3. The highest BCUT2D eigenvalue weighted by Crippen LogP contribution is 2.34. The Balaban J connectivity index is 0.896. The minimum absolute atomic E-state index is 0.0990. The zero-order valence-electron chi connectivity index (χ0n) is 31.9. The van der Waals surface area contributed by atoms with Gasteiger partial charge in [-0.05, 0) is 111 Å². The van der Waals surface area contributed by atoms with E-state index in [0.717, 1.165) is 67.8 Å². The van der Waals surface area contributed by atoms with Crippen molar-refractivity contribution in [3.8, 4) is 11.8 Å². The molecule has 3 aliphatic rings. The fraction of sp³-hybridized carbons (Fsp3) is 0.487. The van der Waals surface area contributed by atoms with Crippen LogP contribution in [-0.2, 0) is 28.3 Å². The number of sulfonamides is 1. The lowest BCUT2D eigenvalue weighted by Gasteiger charge is -2.33. The van der Waals surface area contributed by atoms with Crippen LogP contribution in [-0.4, -0.2) is 101 Å². The van der Waals surface area contributed by atoms with Crippen molar-refractivity contribution in [2.45, 2.75) is 75.3 Å². The number of piperidine rings is 2. The SMILES string of the molecule is CC(CCN1CCC(c2ccc3c(N4CCC(=O)NC4=O)nn(C)c3c2)CC1)Cc1cc(S(=O)(=O)N2CCC(Nc3ncc(OC(F)F)cn3)CC2)ccc1C#N. The number of rotatable bonds is 13. The normalized spacial score (nSPS) is 18.5. The highest BCUT2D eigenvalue weighted by Gasteiger charge is 2.31. The van der Waals surface area contributed by atoms with Crippen molar-refractivity contribution in [2.75, 3.05) is 49.5 Å². The van der Waals surface area contributed by atoms with Crippen molar-refractivity contribution >= 4 is 44.6 Å². The Labute approximate surface area is 330 Å². The second kappa shape index (κ2) is 17.1. The van der Waals surface area contributed by atoms with Gasteiger partial charge in [-0.15, -0.1) is 0 Å². The van der Waals surface area contributed by atoms with Gasteiger partial charge in [0, 0.05) is 44.5 Å². The number of likely N-dealkylation sites (tertiary alicyclic amines) is 1. The Bertz CT molecular complexity index is 2250. The van der Waals surface area contributed by atoms with Crippen LogP contribution in [0.3, 0.4) is 0 Å². The molecular formula is C39H46F2N10O5S. The van der Waals surface area contributed by atoms with Crippen molar-refractivity contribution in [3.63, 3.8) is 0 Å². The third-order valence-corrected chi connectivity index (χ3v) is 13.1. The van der Waals surface area contributed by atoms with Crippen molar-refractivity contribution in [3.05, 3.63) is 65.5 Å². The maximum atomic E-state index is 13.7. The number of ether oxygens (including phenoxy) is 1. The van der Waals surface area contributed by atoms with E-state index >= 15 is 0 Å². The second-order valence-corrected chi connectivity index (χ2v) is 17.0. The van der Waals surface area contributed by atoms with Crippen LogP contribution in [0.4, 0.5) is 25.3 Å². The molecule has 0 saturated carbocycles. The lowest BCUT2D eigenvalue weighted by atomic mass is 9.88. The highest BCUT2D eigenvalue weighted by atomic mass is 32.2. The molecule has 3 fully saturated rings. The molecule has 57 heavy (non-hydrogen) atoms. The molecule has 5 heterocycles. The summed E-state index contributed by atoms with van der Waals surface area (Å²) in [5.41, 5.74) is 3.38. The Morgan fingerprint density at radius 3 is 2.44 bits per heavy atom. The number of hydrogen-bond donors (Lipinski definition) is 2. The molecule has 4 aromatic rings. The molecule has 3 aliphatic heterocycles. The summed E-state index contributed by atoms with van der Waals surface area (Å²) in [4.78, 5) is 36.3. The topological polar surface area (TPSA) is 179 Å². The van der Waals surface area contributed by atoms with E-state index in [9.17, 15) is 32.0 Å². The minimum Gasteiger partial charge on any atom is -0.432 e. The fourth-order valence-electron chi connectivity index (χ4n) is 7.98. The number of nitriles is 1. The number of carbonyl (C=O) groups is 2.